The van der Waals surface area contributed by atoms with Crippen LogP contribution in [0.1, 0.15) is 56.6 Å². The summed E-state index contributed by atoms with van der Waals surface area (Å²) in [6.45, 7) is 10.5. The lowest BCUT2D eigenvalue weighted by molar-refractivity contribution is 0.0608. The van der Waals surface area contributed by atoms with Crippen molar-refractivity contribution in [2.75, 3.05) is 13.1 Å². The number of hydrogen-bond acceptors (Lipinski definition) is 2. The third kappa shape index (κ3) is 3.97. The molecule has 1 aliphatic heterocycles. The zero-order valence-electron chi connectivity index (χ0n) is 13.4. The number of pyridine rings is 1. The molecular formula is C17H25ClN2O. The normalized spacial score (nSPS) is 17.1. The van der Waals surface area contributed by atoms with E-state index in [0.717, 1.165) is 38.0 Å². The van der Waals surface area contributed by atoms with Gasteiger partial charge in [0.2, 0.25) is 0 Å². The molecular weight excluding hydrogens is 284 g/mol. The van der Waals surface area contributed by atoms with Gasteiger partial charge in [0.1, 0.15) is 5.15 Å². The van der Waals surface area contributed by atoms with Crippen LogP contribution < -0.4 is 0 Å². The second-order valence-electron chi connectivity index (χ2n) is 6.96. The maximum Gasteiger partial charge on any atom is 0.254 e. The van der Waals surface area contributed by atoms with Crippen molar-refractivity contribution in [1.82, 2.24) is 9.88 Å². The summed E-state index contributed by atoms with van der Waals surface area (Å²) in [7, 11) is 0. The van der Waals surface area contributed by atoms with Gasteiger partial charge in [-0.25, -0.2) is 4.98 Å². The van der Waals surface area contributed by atoms with E-state index in [1.165, 1.54) is 0 Å². The molecule has 1 aromatic rings. The lowest BCUT2D eigenvalue weighted by atomic mass is 9.75. The Morgan fingerprint density at radius 3 is 2.48 bits per heavy atom. The fourth-order valence-corrected chi connectivity index (χ4v) is 3.21. The summed E-state index contributed by atoms with van der Waals surface area (Å²) < 4.78 is 0. The Hall–Kier alpha value is -1.09. The van der Waals surface area contributed by atoms with E-state index in [0.29, 0.717) is 22.0 Å². The van der Waals surface area contributed by atoms with Crippen molar-refractivity contribution in [3.8, 4) is 0 Å². The summed E-state index contributed by atoms with van der Waals surface area (Å²) in [4.78, 5) is 18.8. The van der Waals surface area contributed by atoms with Crippen LogP contribution in [-0.2, 0) is 6.42 Å². The molecule has 0 N–H and O–H groups in total. The number of aromatic nitrogens is 1. The first-order valence-corrected chi connectivity index (χ1v) is 8.14. The Morgan fingerprint density at radius 2 is 1.95 bits per heavy atom. The number of nitrogens with zero attached hydrogens (tertiary/aromatic N) is 2. The van der Waals surface area contributed by atoms with Gasteiger partial charge in [-0.15, -0.1) is 0 Å². The summed E-state index contributed by atoms with van der Waals surface area (Å²) in [6, 6.07) is 3.54. The molecule has 0 aliphatic carbocycles. The molecule has 3 nitrogen and oxygen atoms in total. The van der Waals surface area contributed by atoms with Gasteiger partial charge in [0.15, 0.2) is 0 Å². The Morgan fingerprint density at radius 1 is 1.33 bits per heavy atom. The SMILES string of the molecule is CCc1cc(C(=O)N2CCC(C(C)(C)C)CC2)cc(Cl)n1. The van der Waals surface area contributed by atoms with E-state index in [-0.39, 0.29) is 5.91 Å². The van der Waals surface area contributed by atoms with Crippen LogP contribution in [0.5, 0.6) is 0 Å². The highest BCUT2D eigenvalue weighted by Gasteiger charge is 2.30. The number of hydrogen-bond donors (Lipinski definition) is 0. The highest BCUT2D eigenvalue weighted by molar-refractivity contribution is 6.29. The molecule has 2 heterocycles. The summed E-state index contributed by atoms with van der Waals surface area (Å²) in [5.41, 5.74) is 1.86. The minimum atomic E-state index is 0.0846. The topological polar surface area (TPSA) is 33.2 Å². The Labute approximate surface area is 132 Å². The molecule has 1 saturated heterocycles. The average molecular weight is 309 g/mol. The molecule has 2 rings (SSSR count). The van der Waals surface area contributed by atoms with E-state index in [2.05, 4.69) is 25.8 Å². The van der Waals surface area contributed by atoms with E-state index < -0.39 is 0 Å². The number of amides is 1. The Bertz CT molecular complexity index is 514. The van der Waals surface area contributed by atoms with Crippen molar-refractivity contribution in [2.45, 2.75) is 47.0 Å². The van der Waals surface area contributed by atoms with Crippen molar-refractivity contribution in [3.05, 3.63) is 28.5 Å². The fraction of sp³-hybridized carbons (Fsp3) is 0.647. The van der Waals surface area contributed by atoms with Crippen LogP contribution in [0, 0.1) is 11.3 Å². The molecule has 1 aliphatic rings. The Kier molecular flexibility index (Phi) is 4.92. The lowest BCUT2D eigenvalue weighted by Gasteiger charge is -2.38. The largest absolute Gasteiger partial charge is 0.339 e. The van der Waals surface area contributed by atoms with Crippen LogP contribution >= 0.6 is 11.6 Å². The molecule has 1 amide bonds. The van der Waals surface area contributed by atoms with Crippen molar-refractivity contribution in [1.29, 1.82) is 0 Å². The van der Waals surface area contributed by atoms with Gasteiger partial charge in [-0.1, -0.05) is 39.3 Å². The standard InChI is InChI=1S/C17H25ClN2O/c1-5-14-10-12(11-15(18)19-14)16(21)20-8-6-13(7-9-20)17(2,3)4/h10-11,13H,5-9H2,1-4H3. The van der Waals surface area contributed by atoms with Crippen molar-refractivity contribution < 1.29 is 4.79 Å². The van der Waals surface area contributed by atoms with Gasteiger partial charge in [-0.3, -0.25) is 4.79 Å². The van der Waals surface area contributed by atoms with Crippen molar-refractivity contribution in [3.63, 3.8) is 0 Å². The third-order valence-electron chi connectivity index (χ3n) is 4.46. The maximum absolute atomic E-state index is 12.6. The molecule has 1 fully saturated rings. The number of aryl methyl sites for hydroxylation is 1. The molecule has 0 unspecified atom stereocenters. The van der Waals surface area contributed by atoms with E-state index in [1.54, 1.807) is 6.07 Å². The number of rotatable bonds is 2. The minimum Gasteiger partial charge on any atom is -0.339 e. The quantitative estimate of drug-likeness (QED) is 0.767. The molecule has 21 heavy (non-hydrogen) atoms. The summed E-state index contributed by atoms with van der Waals surface area (Å²) in [5, 5.41) is 0.405. The van der Waals surface area contributed by atoms with Gasteiger partial charge >= 0.3 is 0 Å². The molecule has 0 radical (unpaired) electrons. The molecule has 0 atom stereocenters. The molecule has 0 aromatic carbocycles. The van der Waals surface area contributed by atoms with Gasteiger partial charge in [-0.2, -0.15) is 0 Å². The van der Waals surface area contributed by atoms with E-state index in [1.807, 2.05) is 17.9 Å². The van der Waals surface area contributed by atoms with Crippen LogP contribution in [0.2, 0.25) is 5.15 Å². The average Bonchev–Trinajstić information content (AvgIpc) is 2.45. The van der Waals surface area contributed by atoms with Crippen molar-refractivity contribution in [2.24, 2.45) is 11.3 Å². The smallest absolute Gasteiger partial charge is 0.254 e. The van der Waals surface area contributed by atoms with Crippen LogP contribution in [-0.4, -0.2) is 28.9 Å². The highest BCUT2D eigenvalue weighted by atomic mass is 35.5. The van der Waals surface area contributed by atoms with Crippen LogP contribution in [0.4, 0.5) is 0 Å². The zero-order chi connectivity index (χ0) is 15.6. The van der Waals surface area contributed by atoms with Gasteiger partial charge in [0.05, 0.1) is 0 Å². The zero-order valence-corrected chi connectivity index (χ0v) is 14.2. The lowest BCUT2D eigenvalue weighted by Crippen LogP contribution is -2.41. The molecule has 116 valence electrons. The predicted molar refractivity (Wildman–Crippen MR) is 86.7 cm³/mol. The van der Waals surface area contributed by atoms with E-state index in [9.17, 15) is 4.79 Å². The first kappa shape index (κ1) is 16.3. The first-order chi connectivity index (χ1) is 9.81. The second kappa shape index (κ2) is 6.35. The number of likely N-dealkylation sites (tertiary alicyclic amines) is 1. The van der Waals surface area contributed by atoms with Gasteiger partial charge in [0.25, 0.3) is 5.91 Å². The van der Waals surface area contributed by atoms with Gasteiger partial charge in [0, 0.05) is 24.3 Å². The number of halogens is 1. The third-order valence-corrected chi connectivity index (χ3v) is 4.66. The van der Waals surface area contributed by atoms with Gasteiger partial charge in [-0.05, 0) is 42.7 Å². The molecule has 4 heteroatoms. The summed E-state index contributed by atoms with van der Waals surface area (Å²) in [6.07, 6.45) is 2.94. The number of carbonyl (C=O) groups is 1. The van der Waals surface area contributed by atoms with E-state index >= 15 is 0 Å². The molecule has 0 bridgehead atoms. The minimum absolute atomic E-state index is 0.0846. The molecule has 0 saturated carbocycles. The summed E-state index contributed by atoms with van der Waals surface area (Å²) >= 11 is 6.01. The maximum atomic E-state index is 12.6. The molecule has 1 aromatic heterocycles. The highest BCUT2D eigenvalue weighted by Crippen LogP contribution is 2.34. The monoisotopic (exact) mass is 308 g/mol. The summed E-state index contributed by atoms with van der Waals surface area (Å²) in [5.74, 6) is 0.773. The fourth-order valence-electron chi connectivity index (χ4n) is 2.99. The molecule has 0 spiro atoms. The first-order valence-electron chi connectivity index (χ1n) is 7.77. The van der Waals surface area contributed by atoms with Crippen LogP contribution in [0.15, 0.2) is 12.1 Å². The Balaban J connectivity index is 2.07. The van der Waals surface area contributed by atoms with Crippen LogP contribution in [0.25, 0.3) is 0 Å². The van der Waals surface area contributed by atoms with E-state index in [4.69, 9.17) is 11.6 Å². The van der Waals surface area contributed by atoms with Crippen LogP contribution in [0.3, 0.4) is 0 Å². The number of carbonyl (C=O) groups excluding carboxylic acids is 1. The van der Waals surface area contributed by atoms with Crippen molar-refractivity contribution >= 4 is 17.5 Å². The number of piperidine rings is 1. The predicted octanol–water partition coefficient (Wildman–Crippen LogP) is 4.20. The van der Waals surface area contributed by atoms with Gasteiger partial charge < -0.3 is 4.90 Å². The second-order valence-corrected chi connectivity index (χ2v) is 7.34.